The van der Waals surface area contributed by atoms with Gasteiger partial charge in [-0.15, -0.1) is 10.2 Å². The van der Waals surface area contributed by atoms with Gasteiger partial charge >= 0.3 is 6.03 Å². The summed E-state index contributed by atoms with van der Waals surface area (Å²) in [5, 5.41) is 12.1. The van der Waals surface area contributed by atoms with Crippen molar-refractivity contribution in [3.05, 3.63) is 94.3 Å². The number of anilines is 2. The van der Waals surface area contributed by atoms with E-state index in [9.17, 15) is 4.79 Å². The van der Waals surface area contributed by atoms with Crippen LogP contribution in [0.4, 0.5) is 16.2 Å². The fourth-order valence-electron chi connectivity index (χ4n) is 4.15. The number of piperazine rings is 1. The Morgan fingerprint density at radius 3 is 2.22 bits per heavy atom. The van der Waals surface area contributed by atoms with Crippen LogP contribution in [-0.4, -0.2) is 47.3 Å². The SMILES string of the molecule is O=C(Nc1c(Cl)cccc1Cl)N1CCN(c2ccc(-c3nnc(CCc4ccccc4)o3)cc2)CC1. The summed E-state index contributed by atoms with van der Waals surface area (Å²) in [7, 11) is 0. The number of aromatic nitrogens is 2. The molecule has 1 aliphatic heterocycles. The molecular weight excluding hydrogens is 497 g/mol. The van der Waals surface area contributed by atoms with Crippen molar-refractivity contribution in [3.8, 4) is 11.5 Å². The third-order valence-corrected chi connectivity index (χ3v) is 6.81. The van der Waals surface area contributed by atoms with Crippen LogP contribution < -0.4 is 10.2 Å². The van der Waals surface area contributed by atoms with Gasteiger partial charge in [0.05, 0.1) is 15.7 Å². The summed E-state index contributed by atoms with van der Waals surface area (Å²) in [6.07, 6.45) is 1.56. The number of benzene rings is 3. The van der Waals surface area contributed by atoms with Gasteiger partial charge in [-0.3, -0.25) is 0 Å². The highest BCUT2D eigenvalue weighted by molar-refractivity contribution is 6.39. The summed E-state index contributed by atoms with van der Waals surface area (Å²) in [4.78, 5) is 16.7. The number of para-hydroxylation sites is 1. The maximum Gasteiger partial charge on any atom is 0.322 e. The number of carbonyl (C=O) groups excluding carboxylic acids is 1. The molecule has 1 aromatic heterocycles. The number of hydrogen-bond donors (Lipinski definition) is 1. The van der Waals surface area contributed by atoms with Gasteiger partial charge < -0.3 is 19.5 Å². The zero-order valence-electron chi connectivity index (χ0n) is 19.5. The smallest absolute Gasteiger partial charge is 0.322 e. The van der Waals surface area contributed by atoms with E-state index in [0.29, 0.717) is 60.1 Å². The molecule has 0 radical (unpaired) electrons. The number of halogens is 2. The first-order valence-corrected chi connectivity index (χ1v) is 12.5. The fraction of sp³-hybridized carbons (Fsp3) is 0.222. The Balaban J connectivity index is 1.14. The van der Waals surface area contributed by atoms with Gasteiger partial charge in [-0.25, -0.2) is 4.79 Å². The van der Waals surface area contributed by atoms with E-state index in [2.05, 4.69) is 32.5 Å². The Bertz CT molecular complexity index is 1300. The van der Waals surface area contributed by atoms with E-state index in [-0.39, 0.29) is 6.03 Å². The van der Waals surface area contributed by atoms with E-state index in [1.165, 1.54) is 5.56 Å². The lowest BCUT2D eigenvalue weighted by Gasteiger charge is -2.36. The first-order chi connectivity index (χ1) is 17.6. The highest BCUT2D eigenvalue weighted by Gasteiger charge is 2.23. The van der Waals surface area contributed by atoms with Crippen molar-refractivity contribution in [1.29, 1.82) is 0 Å². The Morgan fingerprint density at radius 1 is 0.833 bits per heavy atom. The summed E-state index contributed by atoms with van der Waals surface area (Å²) in [5.74, 6) is 1.15. The maximum atomic E-state index is 12.7. The molecule has 4 aromatic rings. The average molecular weight is 522 g/mol. The molecule has 2 amide bonds. The number of rotatable bonds is 6. The second-order valence-corrected chi connectivity index (χ2v) is 9.35. The van der Waals surface area contributed by atoms with Gasteiger partial charge in [0.15, 0.2) is 0 Å². The third kappa shape index (κ3) is 5.64. The lowest BCUT2D eigenvalue weighted by Crippen LogP contribution is -2.50. The minimum Gasteiger partial charge on any atom is -0.421 e. The summed E-state index contributed by atoms with van der Waals surface area (Å²) in [6.45, 7) is 2.61. The molecule has 7 nitrogen and oxygen atoms in total. The molecule has 2 heterocycles. The first-order valence-electron chi connectivity index (χ1n) is 11.8. The van der Waals surface area contributed by atoms with Gasteiger partial charge in [0.2, 0.25) is 11.8 Å². The van der Waals surface area contributed by atoms with E-state index in [1.807, 2.05) is 42.5 Å². The number of aryl methyl sites for hydroxylation is 2. The highest BCUT2D eigenvalue weighted by Crippen LogP contribution is 2.30. The normalized spacial score (nSPS) is 13.6. The predicted octanol–water partition coefficient (Wildman–Crippen LogP) is 6.18. The number of nitrogens with one attached hydrogen (secondary N) is 1. The highest BCUT2D eigenvalue weighted by atomic mass is 35.5. The van der Waals surface area contributed by atoms with E-state index < -0.39 is 0 Å². The quantitative estimate of drug-likeness (QED) is 0.327. The monoisotopic (exact) mass is 521 g/mol. The minimum atomic E-state index is -0.209. The van der Waals surface area contributed by atoms with Crippen molar-refractivity contribution in [2.24, 2.45) is 0 Å². The topological polar surface area (TPSA) is 74.5 Å². The Morgan fingerprint density at radius 2 is 1.53 bits per heavy atom. The summed E-state index contributed by atoms with van der Waals surface area (Å²) in [5.41, 5.74) is 3.64. The summed E-state index contributed by atoms with van der Waals surface area (Å²) < 4.78 is 5.88. The van der Waals surface area contributed by atoms with Gasteiger partial charge in [0.25, 0.3) is 0 Å². The van der Waals surface area contributed by atoms with E-state index >= 15 is 0 Å². The molecule has 1 N–H and O–H groups in total. The van der Waals surface area contributed by atoms with E-state index in [1.54, 1.807) is 23.1 Å². The molecule has 0 unspecified atom stereocenters. The molecule has 0 aliphatic carbocycles. The fourth-order valence-corrected chi connectivity index (χ4v) is 4.64. The lowest BCUT2D eigenvalue weighted by atomic mass is 10.1. The lowest BCUT2D eigenvalue weighted by molar-refractivity contribution is 0.208. The molecule has 36 heavy (non-hydrogen) atoms. The van der Waals surface area contributed by atoms with Gasteiger partial charge in [0.1, 0.15) is 0 Å². The number of hydrogen-bond acceptors (Lipinski definition) is 5. The third-order valence-electron chi connectivity index (χ3n) is 6.18. The van der Waals surface area contributed by atoms with Crippen LogP contribution in [0.1, 0.15) is 11.5 Å². The van der Waals surface area contributed by atoms with Crippen molar-refractivity contribution in [1.82, 2.24) is 15.1 Å². The molecular formula is C27H25Cl2N5O2. The van der Waals surface area contributed by atoms with Crippen molar-refractivity contribution in [2.75, 3.05) is 36.4 Å². The number of amides is 2. The number of carbonyl (C=O) groups is 1. The molecule has 1 saturated heterocycles. The van der Waals surface area contributed by atoms with Gasteiger partial charge in [-0.1, -0.05) is 59.6 Å². The van der Waals surface area contributed by atoms with Crippen LogP contribution in [0.3, 0.4) is 0 Å². The molecule has 0 atom stereocenters. The van der Waals surface area contributed by atoms with Gasteiger partial charge in [-0.2, -0.15) is 0 Å². The van der Waals surface area contributed by atoms with Crippen LogP contribution in [0.15, 0.2) is 77.2 Å². The standard InChI is InChI=1S/C27H25Cl2N5O2/c28-22-7-4-8-23(29)25(22)30-27(35)34-17-15-33(16-18-34)21-12-10-20(11-13-21)26-32-31-24(36-26)14-9-19-5-2-1-3-6-19/h1-8,10-13H,9,14-18H2,(H,30,35). The number of nitrogens with zero attached hydrogens (tertiary/aromatic N) is 4. The van der Waals surface area contributed by atoms with Crippen LogP contribution in [0, 0.1) is 0 Å². The Labute approximate surface area is 219 Å². The summed E-state index contributed by atoms with van der Waals surface area (Å²) >= 11 is 12.3. The van der Waals surface area contributed by atoms with Crippen LogP contribution in [0.25, 0.3) is 11.5 Å². The Kier molecular flexibility index (Phi) is 7.39. The van der Waals surface area contributed by atoms with Gasteiger partial charge in [-0.05, 0) is 48.4 Å². The van der Waals surface area contributed by atoms with Gasteiger partial charge in [0, 0.05) is 43.9 Å². The Hall–Kier alpha value is -3.55. The molecule has 0 spiro atoms. The zero-order valence-corrected chi connectivity index (χ0v) is 21.0. The molecule has 5 rings (SSSR count). The minimum absolute atomic E-state index is 0.209. The molecule has 0 saturated carbocycles. The second kappa shape index (κ2) is 11.0. The predicted molar refractivity (Wildman–Crippen MR) is 143 cm³/mol. The van der Waals surface area contributed by atoms with E-state index in [0.717, 1.165) is 17.7 Å². The molecule has 1 aliphatic rings. The second-order valence-electron chi connectivity index (χ2n) is 8.53. The van der Waals surface area contributed by atoms with Crippen LogP contribution in [0.2, 0.25) is 10.0 Å². The molecule has 1 fully saturated rings. The summed E-state index contributed by atoms with van der Waals surface area (Å²) in [6, 6.07) is 23.3. The van der Waals surface area contributed by atoms with Crippen molar-refractivity contribution in [2.45, 2.75) is 12.8 Å². The number of urea groups is 1. The van der Waals surface area contributed by atoms with Crippen molar-refractivity contribution < 1.29 is 9.21 Å². The first kappa shape index (κ1) is 24.2. The maximum absolute atomic E-state index is 12.7. The van der Waals surface area contributed by atoms with E-state index in [4.69, 9.17) is 27.6 Å². The van der Waals surface area contributed by atoms with Crippen molar-refractivity contribution in [3.63, 3.8) is 0 Å². The van der Waals surface area contributed by atoms with Crippen LogP contribution in [0.5, 0.6) is 0 Å². The molecule has 9 heteroatoms. The van der Waals surface area contributed by atoms with Crippen LogP contribution >= 0.6 is 23.2 Å². The largest absolute Gasteiger partial charge is 0.421 e. The molecule has 3 aromatic carbocycles. The molecule has 184 valence electrons. The average Bonchev–Trinajstić information content (AvgIpc) is 3.39. The van der Waals surface area contributed by atoms with Crippen molar-refractivity contribution >= 4 is 40.6 Å². The van der Waals surface area contributed by atoms with Crippen LogP contribution in [-0.2, 0) is 12.8 Å². The zero-order chi connectivity index (χ0) is 24.9. The molecule has 0 bridgehead atoms.